The number of aromatic hydroxyl groups is 1. The molecule has 1 aromatic rings. The van der Waals surface area contributed by atoms with Crippen LogP contribution in [0.4, 0.5) is 5.69 Å². The molecule has 114 valence electrons. The zero-order valence-electron chi connectivity index (χ0n) is 12.0. The molecule has 1 fully saturated rings. The fourth-order valence-electron chi connectivity index (χ4n) is 2.44. The van der Waals surface area contributed by atoms with E-state index in [4.69, 9.17) is 4.74 Å². The number of hydrogen-bond donors (Lipinski definition) is 2. The number of ether oxygens (including phenoxy) is 1. The predicted octanol–water partition coefficient (Wildman–Crippen LogP) is 1.99. The predicted molar refractivity (Wildman–Crippen MR) is 75.3 cm³/mol. The molecular weight excluding hydrogens is 276 g/mol. The Hall–Kier alpha value is -2.15. The van der Waals surface area contributed by atoms with Crippen molar-refractivity contribution >= 4 is 11.6 Å². The number of rotatable bonds is 3. The Morgan fingerprint density at radius 3 is 2.86 bits per heavy atom. The number of benzene rings is 1. The molecule has 2 rings (SSSR count). The summed E-state index contributed by atoms with van der Waals surface area (Å²) in [7, 11) is 0. The zero-order valence-corrected chi connectivity index (χ0v) is 12.0. The maximum absolute atomic E-state index is 12.2. The Balaban J connectivity index is 2.13. The van der Waals surface area contributed by atoms with E-state index in [-0.39, 0.29) is 28.6 Å². The standard InChI is InChI=1S/C14H18N2O5/c1-14(2)8-9(5-6-21-14)15-13(18)11-7-10(16(19)20)3-4-12(11)17/h3-4,7,9,17H,5-6,8H2,1-2H3,(H,15,18). The van der Waals surface area contributed by atoms with Crippen molar-refractivity contribution in [3.63, 3.8) is 0 Å². The van der Waals surface area contributed by atoms with E-state index in [0.29, 0.717) is 19.4 Å². The van der Waals surface area contributed by atoms with Crippen LogP contribution in [-0.2, 0) is 4.74 Å². The summed E-state index contributed by atoms with van der Waals surface area (Å²) in [6.45, 7) is 4.42. The molecule has 1 heterocycles. The number of phenols is 1. The van der Waals surface area contributed by atoms with E-state index in [1.165, 1.54) is 0 Å². The van der Waals surface area contributed by atoms with Gasteiger partial charge in [-0.1, -0.05) is 0 Å². The minimum absolute atomic E-state index is 0.0834. The maximum atomic E-state index is 12.2. The minimum atomic E-state index is -0.603. The Kier molecular flexibility index (Phi) is 4.13. The Labute approximate surface area is 122 Å². The number of non-ortho nitro benzene ring substituents is 1. The van der Waals surface area contributed by atoms with Gasteiger partial charge in [-0.15, -0.1) is 0 Å². The van der Waals surface area contributed by atoms with Crippen LogP contribution in [0.5, 0.6) is 5.75 Å². The third kappa shape index (κ3) is 3.69. The van der Waals surface area contributed by atoms with Crippen LogP contribution in [-0.4, -0.2) is 34.2 Å². The lowest BCUT2D eigenvalue weighted by Gasteiger charge is -2.35. The molecule has 1 aliphatic heterocycles. The maximum Gasteiger partial charge on any atom is 0.270 e. The lowest BCUT2D eigenvalue weighted by atomic mass is 9.93. The van der Waals surface area contributed by atoms with Gasteiger partial charge in [-0.05, 0) is 32.8 Å². The number of nitrogens with one attached hydrogen (secondary N) is 1. The van der Waals surface area contributed by atoms with Crippen LogP contribution in [0.15, 0.2) is 18.2 Å². The largest absolute Gasteiger partial charge is 0.507 e. The molecule has 2 N–H and O–H groups in total. The number of amides is 1. The summed E-state index contributed by atoms with van der Waals surface area (Å²) in [5.74, 6) is -0.789. The number of phenolic OH excluding ortho intramolecular Hbond substituents is 1. The van der Waals surface area contributed by atoms with E-state index in [9.17, 15) is 20.0 Å². The van der Waals surface area contributed by atoms with Crippen molar-refractivity contribution in [2.75, 3.05) is 6.61 Å². The van der Waals surface area contributed by atoms with Gasteiger partial charge < -0.3 is 15.2 Å². The van der Waals surface area contributed by atoms with Gasteiger partial charge in [-0.3, -0.25) is 14.9 Å². The van der Waals surface area contributed by atoms with Crippen LogP contribution in [0.1, 0.15) is 37.0 Å². The highest BCUT2D eigenvalue weighted by Crippen LogP contribution is 2.26. The van der Waals surface area contributed by atoms with Crippen LogP contribution in [0.25, 0.3) is 0 Å². The molecule has 0 spiro atoms. The van der Waals surface area contributed by atoms with Crippen molar-refractivity contribution in [1.82, 2.24) is 5.32 Å². The molecule has 0 bridgehead atoms. The average molecular weight is 294 g/mol. The van der Waals surface area contributed by atoms with E-state index in [1.54, 1.807) is 0 Å². The van der Waals surface area contributed by atoms with Crippen LogP contribution < -0.4 is 5.32 Å². The Morgan fingerprint density at radius 1 is 1.52 bits per heavy atom. The first kappa shape index (κ1) is 15.2. The smallest absolute Gasteiger partial charge is 0.270 e. The molecule has 1 aliphatic rings. The SMILES string of the molecule is CC1(C)CC(NC(=O)c2cc([N+](=O)[O-])ccc2O)CCO1. The zero-order chi connectivity index (χ0) is 15.6. The van der Waals surface area contributed by atoms with Gasteiger partial charge in [0.25, 0.3) is 11.6 Å². The summed E-state index contributed by atoms with van der Waals surface area (Å²) in [5, 5.41) is 23.2. The summed E-state index contributed by atoms with van der Waals surface area (Å²) in [4.78, 5) is 22.3. The lowest BCUT2D eigenvalue weighted by molar-refractivity contribution is -0.384. The van der Waals surface area contributed by atoms with Crippen LogP contribution in [0, 0.1) is 10.1 Å². The van der Waals surface area contributed by atoms with Crippen molar-refractivity contribution < 1.29 is 19.6 Å². The van der Waals surface area contributed by atoms with Crippen molar-refractivity contribution in [3.8, 4) is 5.75 Å². The monoisotopic (exact) mass is 294 g/mol. The Morgan fingerprint density at radius 2 is 2.24 bits per heavy atom. The molecule has 7 nitrogen and oxygen atoms in total. The van der Waals surface area contributed by atoms with Crippen molar-refractivity contribution in [1.29, 1.82) is 0 Å². The molecule has 0 radical (unpaired) electrons. The fourth-order valence-corrected chi connectivity index (χ4v) is 2.44. The molecule has 1 saturated heterocycles. The number of carbonyl (C=O) groups is 1. The topological polar surface area (TPSA) is 102 Å². The first-order valence-corrected chi connectivity index (χ1v) is 6.71. The summed E-state index contributed by atoms with van der Waals surface area (Å²) in [6.07, 6.45) is 1.32. The second kappa shape index (κ2) is 5.69. The van der Waals surface area contributed by atoms with Crippen molar-refractivity contribution in [2.45, 2.75) is 38.3 Å². The quantitative estimate of drug-likeness (QED) is 0.655. The van der Waals surface area contributed by atoms with Gasteiger partial charge in [0.05, 0.1) is 16.1 Å². The number of nitro benzene ring substituents is 1. The highest BCUT2D eigenvalue weighted by molar-refractivity contribution is 5.97. The van der Waals surface area contributed by atoms with E-state index in [2.05, 4.69) is 5.32 Å². The second-order valence-corrected chi connectivity index (χ2v) is 5.73. The van der Waals surface area contributed by atoms with Gasteiger partial charge in [0.1, 0.15) is 5.75 Å². The molecular formula is C14H18N2O5. The van der Waals surface area contributed by atoms with Gasteiger partial charge in [0.2, 0.25) is 0 Å². The van der Waals surface area contributed by atoms with Gasteiger partial charge in [-0.25, -0.2) is 0 Å². The summed E-state index contributed by atoms with van der Waals surface area (Å²) in [6, 6.07) is 3.31. The number of hydrogen-bond acceptors (Lipinski definition) is 5. The second-order valence-electron chi connectivity index (χ2n) is 5.73. The van der Waals surface area contributed by atoms with E-state index < -0.39 is 10.8 Å². The molecule has 1 atom stereocenters. The fraction of sp³-hybridized carbons (Fsp3) is 0.500. The molecule has 0 aliphatic carbocycles. The first-order chi connectivity index (χ1) is 9.78. The normalized spacial score (nSPS) is 20.8. The van der Waals surface area contributed by atoms with Gasteiger partial charge in [-0.2, -0.15) is 0 Å². The van der Waals surface area contributed by atoms with Crippen LogP contribution in [0.3, 0.4) is 0 Å². The number of nitro groups is 1. The van der Waals surface area contributed by atoms with Gasteiger partial charge in [0, 0.05) is 24.8 Å². The van der Waals surface area contributed by atoms with Gasteiger partial charge in [0.15, 0.2) is 0 Å². The first-order valence-electron chi connectivity index (χ1n) is 6.71. The number of nitrogens with zero attached hydrogens (tertiary/aromatic N) is 1. The minimum Gasteiger partial charge on any atom is -0.507 e. The highest BCUT2D eigenvalue weighted by atomic mass is 16.6. The molecule has 0 saturated carbocycles. The summed E-state index contributed by atoms with van der Waals surface area (Å²) >= 11 is 0. The van der Waals surface area contributed by atoms with Crippen LogP contribution in [0.2, 0.25) is 0 Å². The molecule has 1 aromatic carbocycles. The third-order valence-corrected chi connectivity index (χ3v) is 3.47. The van der Waals surface area contributed by atoms with E-state index >= 15 is 0 Å². The lowest BCUT2D eigenvalue weighted by Crippen LogP contribution is -2.45. The molecule has 0 aromatic heterocycles. The van der Waals surface area contributed by atoms with Gasteiger partial charge >= 0.3 is 0 Å². The molecule has 1 unspecified atom stereocenters. The molecule has 21 heavy (non-hydrogen) atoms. The number of carbonyl (C=O) groups excluding carboxylic acids is 1. The molecule has 7 heteroatoms. The van der Waals surface area contributed by atoms with Crippen LogP contribution >= 0.6 is 0 Å². The Bertz CT molecular complexity index is 570. The third-order valence-electron chi connectivity index (χ3n) is 3.47. The van der Waals surface area contributed by atoms with Crippen molar-refractivity contribution in [3.05, 3.63) is 33.9 Å². The summed E-state index contributed by atoms with van der Waals surface area (Å²) in [5.41, 5.74) is -0.639. The van der Waals surface area contributed by atoms with E-state index in [0.717, 1.165) is 18.2 Å². The summed E-state index contributed by atoms with van der Waals surface area (Å²) < 4.78 is 5.57. The van der Waals surface area contributed by atoms with Crippen molar-refractivity contribution in [2.24, 2.45) is 0 Å². The van der Waals surface area contributed by atoms with E-state index in [1.807, 2.05) is 13.8 Å². The molecule has 1 amide bonds. The average Bonchev–Trinajstić information content (AvgIpc) is 2.37. The highest BCUT2D eigenvalue weighted by Gasteiger charge is 2.30.